The second-order valence-corrected chi connectivity index (χ2v) is 6.53. The molecule has 0 saturated carbocycles. The number of amides is 1. The van der Waals surface area contributed by atoms with Gasteiger partial charge in [-0.2, -0.15) is 0 Å². The highest BCUT2D eigenvalue weighted by Gasteiger charge is 2.42. The Kier molecular flexibility index (Phi) is 5.08. The van der Waals surface area contributed by atoms with Gasteiger partial charge in [-0.1, -0.05) is 58.7 Å². The number of benzene rings is 1. The Hall–Kier alpha value is -1.31. The van der Waals surface area contributed by atoms with Crippen LogP contribution in [0.3, 0.4) is 0 Å². The van der Waals surface area contributed by atoms with Crippen LogP contribution in [0.1, 0.15) is 65.4 Å². The molecule has 2 heteroatoms. The normalized spacial score (nSPS) is 24.8. The molecular weight excluding hydrogens is 258 g/mol. The van der Waals surface area contributed by atoms with Gasteiger partial charge in [-0.3, -0.25) is 4.79 Å². The smallest absolute Gasteiger partial charge is 0.226 e. The van der Waals surface area contributed by atoms with Crippen molar-refractivity contribution >= 4 is 11.6 Å². The summed E-state index contributed by atoms with van der Waals surface area (Å²) in [7, 11) is 0. The minimum Gasteiger partial charge on any atom is -0.312 e. The molecule has 0 radical (unpaired) electrons. The fourth-order valence-corrected chi connectivity index (χ4v) is 3.98. The van der Waals surface area contributed by atoms with E-state index in [-0.39, 0.29) is 11.3 Å². The first-order chi connectivity index (χ1) is 10.1. The van der Waals surface area contributed by atoms with E-state index in [0.717, 1.165) is 12.2 Å². The van der Waals surface area contributed by atoms with Gasteiger partial charge in [-0.05, 0) is 35.8 Å². The van der Waals surface area contributed by atoms with Gasteiger partial charge in [0, 0.05) is 18.7 Å². The molecule has 1 amide bonds. The number of hydrogen-bond acceptors (Lipinski definition) is 1. The van der Waals surface area contributed by atoms with Crippen LogP contribution in [0.25, 0.3) is 0 Å². The fourth-order valence-electron chi connectivity index (χ4n) is 3.98. The first-order valence-corrected chi connectivity index (χ1v) is 8.48. The average Bonchev–Trinajstić information content (AvgIpc) is 2.50. The van der Waals surface area contributed by atoms with Crippen molar-refractivity contribution in [3.8, 4) is 0 Å². The molecule has 1 heterocycles. The number of nitrogens with zero attached hydrogens (tertiary/aromatic N) is 1. The lowest BCUT2D eigenvalue weighted by Gasteiger charge is -2.47. The molecule has 116 valence electrons. The lowest BCUT2D eigenvalue weighted by atomic mass is 9.64. The second kappa shape index (κ2) is 6.64. The Balaban J connectivity index is 2.52. The van der Waals surface area contributed by atoms with E-state index in [1.54, 1.807) is 0 Å². The van der Waals surface area contributed by atoms with Crippen molar-refractivity contribution in [3.05, 3.63) is 29.8 Å². The molecule has 0 fully saturated rings. The van der Waals surface area contributed by atoms with Crippen LogP contribution in [0.5, 0.6) is 0 Å². The van der Waals surface area contributed by atoms with Gasteiger partial charge in [0.2, 0.25) is 5.91 Å². The maximum absolute atomic E-state index is 12.4. The van der Waals surface area contributed by atoms with E-state index in [1.165, 1.54) is 31.2 Å². The van der Waals surface area contributed by atoms with Gasteiger partial charge in [0.25, 0.3) is 0 Å². The fraction of sp³-hybridized carbons (Fsp3) is 0.632. The first-order valence-electron chi connectivity index (χ1n) is 8.48. The highest BCUT2D eigenvalue weighted by atomic mass is 16.2. The summed E-state index contributed by atoms with van der Waals surface area (Å²) in [6.45, 7) is 9.76. The predicted molar refractivity (Wildman–Crippen MR) is 89.7 cm³/mol. The maximum Gasteiger partial charge on any atom is 0.226 e. The van der Waals surface area contributed by atoms with Gasteiger partial charge >= 0.3 is 0 Å². The topological polar surface area (TPSA) is 20.3 Å². The van der Waals surface area contributed by atoms with Crippen LogP contribution in [0.4, 0.5) is 5.69 Å². The number of hydrogen-bond donors (Lipinski definition) is 0. The number of carbonyl (C=O) groups is 1. The molecule has 1 aromatic rings. The Labute approximate surface area is 129 Å². The van der Waals surface area contributed by atoms with Crippen LogP contribution < -0.4 is 4.90 Å². The van der Waals surface area contributed by atoms with Crippen molar-refractivity contribution in [1.82, 2.24) is 0 Å². The molecule has 21 heavy (non-hydrogen) atoms. The summed E-state index contributed by atoms with van der Waals surface area (Å²) >= 11 is 0. The van der Waals surface area contributed by atoms with Crippen LogP contribution in [0.15, 0.2) is 24.3 Å². The Morgan fingerprint density at radius 1 is 1.24 bits per heavy atom. The largest absolute Gasteiger partial charge is 0.312 e. The average molecular weight is 287 g/mol. The van der Waals surface area contributed by atoms with Crippen LogP contribution in [0.2, 0.25) is 0 Å². The summed E-state index contributed by atoms with van der Waals surface area (Å²) in [5.41, 5.74) is 2.72. The molecular formula is C19H29NO. The third-order valence-electron chi connectivity index (χ3n) is 5.12. The van der Waals surface area contributed by atoms with E-state index in [0.29, 0.717) is 12.3 Å². The Bertz CT molecular complexity index is 496. The lowest BCUT2D eigenvalue weighted by molar-refractivity contribution is -0.118. The molecule has 0 N–H and O–H groups in total. The summed E-state index contributed by atoms with van der Waals surface area (Å²) in [4.78, 5) is 14.4. The van der Waals surface area contributed by atoms with E-state index in [9.17, 15) is 4.79 Å². The van der Waals surface area contributed by atoms with Crippen molar-refractivity contribution in [2.45, 2.75) is 65.2 Å². The minimum absolute atomic E-state index is 0.200. The SMILES string of the molecule is CCCC1CN(C(=O)CC)c2ccccc2C1(C)CCC. The molecule has 0 saturated heterocycles. The number of anilines is 1. The lowest BCUT2D eigenvalue weighted by Crippen LogP contribution is -2.48. The Morgan fingerprint density at radius 2 is 1.95 bits per heavy atom. The zero-order valence-corrected chi connectivity index (χ0v) is 14.0. The van der Waals surface area contributed by atoms with Crippen molar-refractivity contribution in [2.75, 3.05) is 11.4 Å². The van der Waals surface area contributed by atoms with Gasteiger partial charge < -0.3 is 4.90 Å². The molecule has 1 aromatic carbocycles. The molecule has 0 bridgehead atoms. The zero-order chi connectivity index (χ0) is 15.5. The van der Waals surface area contributed by atoms with E-state index < -0.39 is 0 Å². The van der Waals surface area contributed by atoms with Gasteiger partial charge in [0.05, 0.1) is 0 Å². The van der Waals surface area contributed by atoms with Crippen LogP contribution in [-0.2, 0) is 10.2 Å². The monoisotopic (exact) mass is 287 g/mol. The molecule has 2 rings (SSSR count). The molecule has 0 aromatic heterocycles. The van der Waals surface area contributed by atoms with Crippen molar-refractivity contribution in [2.24, 2.45) is 5.92 Å². The molecule has 0 spiro atoms. The van der Waals surface area contributed by atoms with Crippen LogP contribution >= 0.6 is 0 Å². The third-order valence-corrected chi connectivity index (χ3v) is 5.12. The molecule has 1 aliphatic heterocycles. The van der Waals surface area contributed by atoms with Crippen molar-refractivity contribution in [1.29, 1.82) is 0 Å². The summed E-state index contributed by atoms with van der Waals surface area (Å²) in [5.74, 6) is 0.815. The summed E-state index contributed by atoms with van der Waals surface area (Å²) in [5, 5.41) is 0. The van der Waals surface area contributed by atoms with E-state index >= 15 is 0 Å². The second-order valence-electron chi connectivity index (χ2n) is 6.53. The van der Waals surface area contributed by atoms with E-state index in [2.05, 4.69) is 45.0 Å². The van der Waals surface area contributed by atoms with Gasteiger partial charge in [-0.25, -0.2) is 0 Å². The predicted octanol–water partition coefficient (Wildman–Crippen LogP) is 4.92. The highest BCUT2D eigenvalue weighted by Crippen LogP contribution is 2.47. The van der Waals surface area contributed by atoms with Crippen molar-refractivity contribution < 1.29 is 4.79 Å². The molecule has 2 nitrogen and oxygen atoms in total. The van der Waals surface area contributed by atoms with E-state index in [4.69, 9.17) is 0 Å². The summed E-state index contributed by atoms with van der Waals surface area (Å²) in [6, 6.07) is 8.54. The van der Waals surface area contributed by atoms with Gasteiger partial charge in [0.15, 0.2) is 0 Å². The highest BCUT2D eigenvalue weighted by molar-refractivity contribution is 5.94. The number of rotatable bonds is 5. The summed E-state index contributed by atoms with van der Waals surface area (Å²) < 4.78 is 0. The molecule has 2 unspecified atom stereocenters. The minimum atomic E-state index is 0.200. The van der Waals surface area contributed by atoms with Crippen LogP contribution in [0, 0.1) is 5.92 Å². The Morgan fingerprint density at radius 3 is 2.57 bits per heavy atom. The zero-order valence-electron chi connectivity index (χ0n) is 14.0. The molecule has 1 aliphatic rings. The molecule has 0 aliphatic carbocycles. The molecule has 2 atom stereocenters. The van der Waals surface area contributed by atoms with E-state index in [1.807, 2.05) is 11.8 Å². The third kappa shape index (κ3) is 2.86. The number of carbonyl (C=O) groups excluding carboxylic acids is 1. The maximum atomic E-state index is 12.4. The number of fused-ring (bicyclic) bond motifs is 1. The van der Waals surface area contributed by atoms with Gasteiger partial charge in [-0.15, -0.1) is 0 Å². The van der Waals surface area contributed by atoms with Crippen molar-refractivity contribution in [3.63, 3.8) is 0 Å². The summed E-state index contributed by atoms with van der Waals surface area (Å²) in [6.07, 6.45) is 5.34. The quantitative estimate of drug-likeness (QED) is 0.753. The number of para-hydroxylation sites is 1. The van der Waals surface area contributed by atoms with Gasteiger partial charge in [0.1, 0.15) is 0 Å². The standard InChI is InChI=1S/C19H29NO/c1-5-10-15-14-20(18(21)7-3)17-12-9-8-11-16(17)19(15,4)13-6-2/h8-9,11-12,15H,5-7,10,13-14H2,1-4H3. The van der Waals surface area contributed by atoms with Crippen LogP contribution in [-0.4, -0.2) is 12.5 Å². The first kappa shape index (κ1) is 16.1.